The lowest BCUT2D eigenvalue weighted by molar-refractivity contribution is -0.140. The van der Waals surface area contributed by atoms with Gasteiger partial charge in [0.15, 0.2) is 0 Å². The molecule has 1 N–H and O–H groups in total. The van der Waals surface area contributed by atoms with Crippen molar-refractivity contribution < 1.29 is 14.3 Å². The van der Waals surface area contributed by atoms with Crippen molar-refractivity contribution in [3.05, 3.63) is 65.7 Å². The second-order valence-corrected chi connectivity index (χ2v) is 9.79. The third-order valence-electron chi connectivity index (χ3n) is 6.18. The fourth-order valence-corrected chi connectivity index (χ4v) is 5.08. The minimum absolute atomic E-state index is 0.00433. The Hall–Kier alpha value is -2.47. The standard InChI is InChI=1S/C27H36N2O3S/c1-21(27(31)28-24-13-7-4-8-14-24)29(19-23-12-9-15-25(18-23)32-2)26(30)16-17-33-20-22-10-5-3-6-11-22/h3,5-6,9-12,15,18,21,24H,4,7-8,13-14,16-17,19-20H2,1-2H3,(H,28,31)/t21-/m0/s1. The zero-order valence-corrected chi connectivity index (χ0v) is 20.6. The molecule has 0 aliphatic heterocycles. The first-order valence-corrected chi connectivity index (χ1v) is 13.1. The van der Waals surface area contributed by atoms with Crippen molar-refractivity contribution in [2.45, 2.75) is 69.8 Å². The Morgan fingerprint density at radius 2 is 1.79 bits per heavy atom. The largest absolute Gasteiger partial charge is 0.497 e. The molecule has 33 heavy (non-hydrogen) atoms. The number of hydrogen-bond acceptors (Lipinski definition) is 4. The van der Waals surface area contributed by atoms with Crippen LogP contribution in [0, 0.1) is 0 Å². The first kappa shape index (κ1) is 25.2. The average Bonchev–Trinajstić information content (AvgIpc) is 2.86. The SMILES string of the molecule is COc1cccc(CN(C(=O)CCSCc2ccccc2)[C@@H](C)C(=O)NC2CCCCC2)c1. The number of thioether (sulfide) groups is 1. The Kier molecular flexibility index (Phi) is 10.1. The van der Waals surface area contributed by atoms with Gasteiger partial charge in [0.1, 0.15) is 11.8 Å². The first-order valence-electron chi connectivity index (χ1n) is 11.9. The molecule has 178 valence electrons. The van der Waals surface area contributed by atoms with Crippen LogP contribution in [0.15, 0.2) is 54.6 Å². The second kappa shape index (κ2) is 13.3. The minimum Gasteiger partial charge on any atom is -0.497 e. The lowest BCUT2D eigenvalue weighted by Gasteiger charge is -2.31. The molecular weight excluding hydrogens is 432 g/mol. The number of nitrogens with one attached hydrogen (secondary N) is 1. The average molecular weight is 469 g/mol. The number of rotatable bonds is 11. The molecule has 0 heterocycles. The number of amides is 2. The van der Waals surface area contributed by atoms with Crippen LogP contribution in [0.5, 0.6) is 5.75 Å². The molecule has 2 aromatic rings. The van der Waals surface area contributed by atoms with Gasteiger partial charge in [0.2, 0.25) is 11.8 Å². The van der Waals surface area contributed by atoms with E-state index in [1.807, 2.05) is 49.4 Å². The van der Waals surface area contributed by atoms with E-state index in [2.05, 4.69) is 17.4 Å². The van der Waals surface area contributed by atoms with Gasteiger partial charge in [0, 0.05) is 30.5 Å². The van der Waals surface area contributed by atoms with E-state index in [1.165, 1.54) is 12.0 Å². The van der Waals surface area contributed by atoms with E-state index in [1.54, 1.807) is 23.8 Å². The van der Waals surface area contributed by atoms with E-state index in [9.17, 15) is 9.59 Å². The highest BCUT2D eigenvalue weighted by atomic mass is 32.2. The van der Waals surface area contributed by atoms with Crippen molar-refractivity contribution in [3.8, 4) is 5.75 Å². The summed E-state index contributed by atoms with van der Waals surface area (Å²) >= 11 is 1.74. The summed E-state index contributed by atoms with van der Waals surface area (Å²) < 4.78 is 5.34. The van der Waals surface area contributed by atoms with E-state index < -0.39 is 6.04 Å². The molecule has 2 aromatic carbocycles. The van der Waals surface area contributed by atoms with Crippen LogP contribution in [0.25, 0.3) is 0 Å². The van der Waals surface area contributed by atoms with Crippen LogP contribution in [0.1, 0.15) is 56.6 Å². The number of hydrogen-bond donors (Lipinski definition) is 1. The summed E-state index contributed by atoms with van der Waals surface area (Å²) in [6.45, 7) is 2.23. The summed E-state index contributed by atoms with van der Waals surface area (Å²) in [6.07, 6.45) is 6.01. The Labute approximate surface area is 202 Å². The molecular formula is C27H36N2O3S. The molecule has 0 unspecified atom stereocenters. The molecule has 0 bridgehead atoms. The van der Waals surface area contributed by atoms with E-state index in [0.29, 0.717) is 13.0 Å². The lowest BCUT2D eigenvalue weighted by Crippen LogP contribution is -2.50. The molecule has 1 atom stereocenters. The van der Waals surface area contributed by atoms with Crippen LogP contribution in [0.2, 0.25) is 0 Å². The van der Waals surface area contributed by atoms with Gasteiger partial charge in [-0.05, 0) is 43.0 Å². The van der Waals surface area contributed by atoms with Crippen molar-refractivity contribution in [2.75, 3.05) is 12.9 Å². The lowest BCUT2D eigenvalue weighted by atomic mass is 9.95. The number of carbonyl (C=O) groups is 2. The van der Waals surface area contributed by atoms with Gasteiger partial charge in [0.25, 0.3) is 0 Å². The smallest absolute Gasteiger partial charge is 0.242 e. The third kappa shape index (κ3) is 8.11. The van der Waals surface area contributed by atoms with E-state index in [0.717, 1.165) is 48.5 Å². The first-order chi connectivity index (χ1) is 16.1. The predicted octanol–water partition coefficient (Wildman–Crippen LogP) is 5.18. The molecule has 3 rings (SSSR count). The van der Waals surface area contributed by atoms with Gasteiger partial charge in [-0.15, -0.1) is 0 Å². The number of benzene rings is 2. The van der Waals surface area contributed by atoms with Crippen LogP contribution in [0.4, 0.5) is 0 Å². The number of carbonyl (C=O) groups excluding carboxylic acids is 2. The highest BCUT2D eigenvalue weighted by molar-refractivity contribution is 7.98. The number of methoxy groups -OCH3 is 1. The minimum atomic E-state index is -0.523. The maximum absolute atomic E-state index is 13.3. The summed E-state index contributed by atoms with van der Waals surface area (Å²) in [4.78, 5) is 28.0. The van der Waals surface area contributed by atoms with E-state index in [4.69, 9.17) is 4.74 Å². The van der Waals surface area contributed by atoms with Gasteiger partial charge in [0.05, 0.1) is 7.11 Å². The molecule has 1 fully saturated rings. The molecule has 1 aliphatic carbocycles. The van der Waals surface area contributed by atoms with Crippen molar-refractivity contribution >= 4 is 23.6 Å². The summed E-state index contributed by atoms with van der Waals surface area (Å²) in [5.41, 5.74) is 2.21. The summed E-state index contributed by atoms with van der Waals surface area (Å²) in [6, 6.07) is 17.7. The zero-order valence-electron chi connectivity index (χ0n) is 19.8. The number of ether oxygens (including phenoxy) is 1. The van der Waals surface area contributed by atoms with Crippen molar-refractivity contribution in [1.29, 1.82) is 0 Å². The Bertz CT molecular complexity index is 884. The summed E-state index contributed by atoms with van der Waals surface area (Å²) in [7, 11) is 1.63. The van der Waals surface area contributed by atoms with Gasteiger partial charge in [-0.25, -0.2) is 0 Å². The van der Waals surface area contributed by atoms with Gasteiger partial charge in [-0.1, -0.05) is 61.7 Å². The van der Waals surface area contributed by atoms with Crippen LogP contribution >= 0.6 is 11.8 Å². The quantitative estimate of drug-likeness (QED) is 0.462. The maximum Gasteiger partial charge on any atom is 0.242 e. The van der Waals surface area contributed by atoms with Crippen molar-refractivity contribution in [2.24, 2.45) is 0 Å². The monoisotopic (exact) mass is 468 g/mol. The summed E-state index contributed by atoms with van der Waals surface area (Å²) in [5.74, 6) is 2.29. The van der Waals surface area contributed by atoms with Crippen LogP contribution in [-0.4, -0.2) is 41.7 Å². The second-order valence-electron chi connectivity index (χ2n) is 8.68. The normalized spacial score (nSPS) is 15.0. The van der Waals surface area contributed by atoms with Crippen LogP contribution < -0.4 is 10.1 Å². The van der Waals surface area contributed by atoms with Gasteiger partial charge in [-0.2, -0.15) is 11.8 Å². The Balaban J connectivity index is 1.62. The van der Waals surface area contributed by atoms with Gasteiger partial charge < -0.3 is 15.0 Å². The van der Waals surface area contributed by atoms with Gasteiger partial charge >= 0.3 is 0 Å². The highest BCUT2D eigenvalue weighted by Crippen LogP contribution is 2.20. The molecule has 0 aromatic heterocycles. The Morgan fingerprint density at radius 1 is 1.06 bits per heavy atom. The zero-order chi connectivity index (χ0) is 23.5. The highest BCUT2D eigenvalue weighted by Gasteiger charge is 2.28. The summed E-state index contributed by atoms with van der Waals surface area (Å²) in [5, 5.41) is 3.19. The van der Waals surface area contributed by atoms with Crippen molar-refractivity contribution in [1.82, 2.24) is 10.2 Å². The van der Waals surface area contributed by atoms with Crippen molar-refractivity contribution in [3.63, 3.8) is 0 Å². The van der Waals surface area contributed by atoms with Crippen LogP contribution in [0.3, 0.4) is 0 Å². The molecule has 2 amide bonds. The Morgan fingerprint density at radius 3 is 2.52 bits per heavy atom. The fraction of sp³-hybridized carbons (Fsp3) is 0.481. The molecule has 5 nitrogen and oxygen atoms in total. The van der Waals surface area contributed by atoms with E-state index in [-0.39, 0.29) is 17.9 Å². The molecule has 0 radical (unpaired) electrons. The topological polar surface area (TPSA) is 58.6 Å². The van der Waals surface area contributed by atoms with Gasteiger partial charge in [-0.3, -0.25) is 9.59 Å². The molecule has 1 saturated carbocycles. The van der Waals surface area contributed by atoms with Crippen LogP contribution in [-0.2, 0) is 21.9 Å². The maximum atomic E-state index is 13.3. The molecule has 6 heteroatoms. The molecule has 0 saturated heterocycles. The molecule has 0 spiro atoms. The van der Waals surface area contributed by atoms with E-state index >= 15 is 0 Å². The predicted molar refractivity (Wildman–Crippen MR) is 135 cm³/mol. The molecule has 1 aliphatic rings. The number of nitrogens with zero attached hydrogens (tertiary/aromatic N) is 1. The fourth-order valence-electron chi connectivity index (χ4n) is 4.19. The third-order valence-corrected chi connectivity index (χ3v) is 7.21.